The van der Waals surface area contributed by atoms with Gasteiger partial charge >= 0.3 is 5.97 Å². The molecule has 82 valence electrons. The van der Waals surface area contributed by atoms with E-state index in [-0.39, 0.29) is 13.0 Å². The van der Waals surface area contributed by atoms with E-state index in [9.17, 15) is 13.6 Å². The molecule has 0 bridgehead atoms. The molecular formula is C10H11F2NO2. The van der Waals surface area contributed by atoms with Gasteiger partial charge in [-0.25, -0.2) is 8.78 Å². The van der Waals surface area contributed by atoms with Crippen molar-refractivity contribution < 1.29 is 18.7 Å². The maximum absolute atomic E-state index is 12.8. The fourth-order valence-corrected chi connectivity index (χ4v) is 1.28. The minimum absolute atomic E-state index is 0.0283. The van der Waals surface area contributed by atoms with Gasteiger partial charge in [0.15, 0.2) is 0 Å². The number of hydrogen-bond donors (Lipinski definition) is 2. The summed E-state index contributed by atoms with van der Waals surface area (Å²) < 4.78 is 25.5. The first kappa shape index (κ1) is 11.6. The summed E-state index contributed by atoms with van der Waals surface area (Å²) in [5.41, 5.74) is 5.53. The molecular weight excluding hydrogens is 204 g/mol. The van der Waals surface area contributed by atoms with Crippen LogP contribution >= 0.6 is 0 Å². The minimum atomic E-state index is -1.07. The Labute approximate surface area is 85.5 Å². The van der Waals surface area contributed by atoms with E-state index in [0.717, 1.165) is 18.2 Å². The van der Waals surface area contributed by atoms with E-state index in [1.54, 1.807) is 0 Å². The van der Waals surface area contributed by atoms with E-state index in [1.165, 1.54) is 0 Å². The predicted molar refractivity (Wildman–Crippen MR) is 50.2 cm³/mol. The highest BCUT2D eigenvalue weighted by atomic mass is 19.1. The normalized spacial score (nSPS) is 12.5. The first-order valence-corrected chi connectivity index (χ1v) is 4.40. The first-order valence-electron chi connectivity index (χ1n) is 4.40. The third-order valence-electron chi connectivity index (χ3n) is 2.04. The van der Waals surface area contributed by atoms with Gasteiger partial charge in [0.2, 0.25) is 0 Å². The fourth-order valence-electron chi connectivity index (χ4n) is 1.28. The van der Waals surface area contributed by atoms with Gasteiger partial charge in [-0.05, 0) is 24.1 Å². The zero-order chi connectivity index (χ0) is 11.4. The van der Waals surface area contributed by atoms with Gasteiger partial charge < -0.3 is 10.8 Å². The molecule has 15 heavy (non-hydrogen) atoms. The van der Waals surface area contributed by atoms with Crippen molar-refractivity contribution in [2.75, 3.05) is 6.54 Å². The van der Waals surface area contributed by atoms with Crippen molar-refractivity contribution in [3.05, 3.63) is 35.4 Å². The van der Waals surface area contributed by atoms with E-state index in [2.05, 4.69) is 0 Å². The molecule has 0 aliphatic carbocycles. The largest absolute Gasteiger partial charge is 0.481 e. The molecule has 3 N–H and O–H groups in total. The Kier molecular flexibility index (Phi) is 3.74. The summed E-state index contributed by atoms with van der Waals surface area (Å²) in [4.78, 5) is 10.6. The van der Waals surface area contributed by atoms with Crippen molar-refractivity contribution in [2.24, 2.45) is 11.7 Å². The molecule has 0 aromatic heterocycles. The lowest BCUT2D eigenvalue weighted by atomic mass is 9.99. The summed E-state index contributed by atoms with van der Waals surface area (Å²) in [7, 11) is 0. The van der Waals surface area contributed by atoms with Gasteiger partial charge in [-0.1, -0.05) is 0 Å². The van der Waals surface area contributed by atoms with Gasteiger partial charge in [-0.15, -0.1) is 0 Å². The van der Waals surface area contributed by atoms with Crippen LogP contribution in [0.1, 0.15) is 5.56 Å². The van der Waals surface area contributed by atoms with Crippen LogP contribution in [0.2, 0.25) is 0 Å². The zero-order valence-corrected chi connectivity index (χ0v) is 7.91. The van der Waals surface area contributed by atoms with E-state index < -0.39 is 23.5 Å². The van der Waals surface area contributed by atoms with Crippen molar-refractivity contribution in [1.82, 2.24) is 0 Å². The van der Waals surface area contributed by atoms with Crippen molar-refractivity contribution in [1.29, 1.82) is 0 Å². The van der Waals surface area contributed by atoms with Crippen LogP contribution in [0.4, 0.5) is 8.78 Å². The third-order valence-corrected chi connectivity index (χ3v) is 2.04. The fraction of sp³-hybridized carbons (Fsp3) is 0.300. The number of carboxylic acid groups (broad SMARTS) is 1. The summed E-state index contributed by atoms with van der Waals surface area (Å²) in [6.07, 6.45) is 0.0283. The molecule has 1 rings (SSSR count). The average molecular weight is 215 g/mol. The standard InChI is InChI=1S/C10H11F2NO2/c11-8-2-6(3-9(12)4-8)1-7(5-13)10(14)15/h2-4,7H,1,5,13H2,(H,14,15)/t7-/m0/s1. The van der Waals surface area contributed by atoms with E-state index in [1.807, 2.05) is 0 Å². The number of carbonyl (C=O) groups is 1. The number of hydrogen-bond acceptors (Lipinski definition) is 2. The Hall–Kier alpha value is -1.49. The monoisotopic (exact) mass is 215 g/mol. The summed E-state index contributed by atoms with van der Waals surface area (Å²) >= 11 is 0. The number of halogens is 2. The molecule has 0 fully saturated rings. The maximum Gasteiger partial charge on any atom is 0.308 e. The van der Waals surface area contributed by atoms with Gasteiger partial charge in [0, 0.05) is 12.6 Å². The molecule has 0 heterocycles. The van der Waals surface area contributed by atoms with Crippen LogP contribution in [0.15, 0.2) is 18.2 Å². The van der Waals surface area contributed by atoms with Gasteiger partial charge in [-0.3, -0.25) is 4.79 Å². The molecule has 0 aliphatic heterocycles. The molecule has 0 unspecified atom stereocenters. The summed E-state index contributed by atoms with van der Waals surface area (Å²) in [6, 6.07) is 2.95. The lowest BCUT2D eigenvalue weighted by molar-refractivity contribution is -0.141. The number of carboxylic acids is 1. The lowest BCUT2D eigenvalue weighted by Gasteiger charge is -2.09. The van der Waals surface area contributed by atoms with Gasteiger partial charge in [0.05, 0.1) is 5.92 Å². The summed E-state index contributed by atoms with van der Waals surface area (Å²) in [5.74, 6) is -3.31. The smallest absolute Gasteiger partial charge is 0.308 e. The van der Waals surface area contributed by atoms with Crippen LogP contribution in [0, 0.1) is 17.6 Å². The summed E-state index contributed by atoms with van der Waals surface area (Å²) in [6.45, 7) is -0.0620. The first-order chi connectivity index (χ1) is 7.02. The van der Waals surface area contributed by atoms with Crippen LogP contribution in [0.25, 0.3) is 0 Å². The van der Waals surface area contributed by atoms with Gasteiger partial charge in [0.25, 0.3) is 0 Å². The van der Waals surface area contributed by atoms with Crippen LogP contribution in [0.5, 0.6) is 0 Å². The van der Waals surface area contributed by atoms with Crippen LogP contribution in [-0.2, 0) is 11.2 Å². The van der Waals surface area contributed by atoms with Crippen molar-refractivity contribution in [3.63, 3.8) is 0 Å². The quantitative estimate of drug-likeness (QED) is 0.792. The second-order valence-corrected chi connectivity index (χ2v) is 3.25. The highest BCUT2D eigenvalue weighted by Gasteiger charge is 2.16. The lowest BCUT2D eigenvalue weighted by Crippen LogP contribution is -2.25. The molecule has 5 heteroatoms. The van der Waals surface area contributed by atoms with Crippen LogP contribution in [-0.4, -0.2) is 17.6 Å². The highest BCUT2D eigenvalue weighted by Crippen LogP contribution is 2.12. The molecule has 0 amide bonds. The third kappa shape index (κ3) is 3.28. The van der Waals surface area contributed by atoms with E-state index in [0.29, 0.717) is 5.56 Å². The predicted octanol–water partition coefficient (Wildman–Crippen LogP) is 1.17. The Bertz CT molecular complexity index is 348. The van der Waals surface area contributed by atoms with Crippen molar-refractivity contribution in [3.8, 4) is 0 Å². The van der Waals surface area contributed by atoms with Crippen LogP contribution < -0.4 is 5.73 Å². The van der Waals surface area contributed by atoms with E-state index >= 15 is 0 Å². The Morgan fingerprint density at radius 1 is 1.33 bits per heavy atom. The Morgan fingerprint density at radius 3 is 2.27 bits per heavy atom. The molecule has 1 aromatic rings. The van der Waals surface area contributed by atoms with Gasteiger partial charge in [-0.2, -0.15) is 0 Å². The Morgan fingerprint density at radius 2 is 1.87 bits per heavy atom. The molecule has 0 saturated heterocycles. The van der Waals surface area contributed by atoms with E-state index in [4.69, 9.17) is 10.8 Å². The molecule has 0 radical (unpaired) electrons. The zero-order valence-electron chi connectivity index (χ0n) is 7.91. The number of aliphatic carboxylic acids is 1. The SMILES string of the molecule is NC[C@H](Cc1cc(F)cc(F)c1)C(=O)O. The Balaban J connectivity index is 2.83. The number of rotatable bonds is 4. The average Bonchev–Trinajstić information content (AvgIpc) is 2.12. The van der Waals surface area contributed by atoms with Crippen LogP contribution in [0.3, 0.4) is 0 Å². The molecule has 3 nitrogen and oxygen atoms in total. The second kappa shape index (κ2) is 4.84. The van der Waals surface area contributed by atoms with Crippen molar-refractivity contribution >= 4 is 5.97 Å². The molecule has 1 aromatic carbocycles. The van der Waals surface area contributed by atoms with Crippen molar-refractivity contribution in [2.45, 2.75) is 6.42 Å². The molecule has 0 spiro atoms. The molecule has 0 aliphatic rings. The summed E-state index contributed by atoms with van der Waals surface area (Å²) in [5, 5.41) is 8.71. The number of nitrogens with two attached hydrogens (primary N) is 1. The number of benzene rings is 1. The molecule has 0 saturated carbocycles. The highest BCUT2D eigenvalue weighted by molar-refractivity contribution is 5.70. The molecule has 1 atom stereocenters. The van der Waals surface area contributed by atoms with Gasteiger partial charge in [0.1, 0.15) is 11.6 Å². The minimum Gasteiger partial charge on any atom is -0.481 e. The topological polar surface area (TPSA) is 63.3 Å². The second-order valence-electron chi connectivity index (χ2n) is 3.25. The maximum atomic E-state index is 12.8.